The second kappa shape index (κ2) is 3.87. The van der Waals surface area contributed by atoms with Crippen LogP contribution in [0, 0.1) is 5.41 Å². The number of aliphatic hydroxyl groups is 1. The molecule has 2 aliphatic carbocycles. The van der Waals surface area contributed by atoms with Crippen LogP contribution in [-0.2, 0) is 4.74 Å². The van der Waals surface area contributed by atoms with Gasteiger partial charge in [0.1, 0.15) is 5.60 Å². The molecule has 0 radical (unpaired) electrons. The molecule has 0 spiro atoms. The number of fused-ring (bicyclic) bond motifs is 2. The molecule has 0 saturated heterocycles. The van der Waals surface area contributed by atoms with Crippen molar-refractivity contribution in [3.63, 3.8) is 0 Å². The number of rotatable bonds is 2. The maximum absolute atomic E-state index is 11.8. The molecule has 2 bridgehead atoms. The second-order valence-electron chi connectivity index (χ2n) is 6.74. The lowest BCUT2D eigenvalue weighted by atomic mass is 9.85. The fourth-order valence-electron chi connectivity index (χ4n) is 3.23. The predicted molar refractivity (Wildman–Crippen MR) is 64.7 cm³/mol. The van der Waals surface area contributed by atoms with Gasteiger partial charge < -0.3 is 15.2 Å². The van der Waals surface area contributed by atoms with Crippen LogP contribution in [0.4, 0.5) is 4.79 Å². The molecule has 2 rings (SSSR count). The van der Waals surface area contributed by atoms with Crippen molar-refractivity contribution >= 4 is 6.09 Å². The van der Waals surface area contributed by atoms with E-state index in [1.165, 1.54) is 0 Å². The van der Waals surface area contributed by atoms with Crippen LogP contribution in [0.5, 0.6) is 0 Å². The van der Waals surface area contributed by atoms with Crippen molar-refractivity contribution in [2.75, 3.05) is 6.61 Å². The highest BCUT2D eigenvalue weighted by Gasteiger charge is 2.54. The Morgan fingerprint density at radius 1 is 1.29 bits per heavy atom. The molecule has 4 heteroatoms. The van der Waals surface area contributed by atoms with E-state index in [0.29, 0.717) is 0 Å². The van der Waals surface area contributed by atoms with E-state index in [2.05, 4.69) is 5.32 Å². The third-order valence-electron chi connectivity index (χ3n) is 4.08. The zero-order chi connectivity index (χ0) is 12.7. The molecule has 2 fully saturated rings. The van der Waals surface area contributed by atoms with Gasteiger partial charge in [-0.3, -0.25) is 0 Å². The highest BCUT2D eigenvalue weighted by Crippen LogP contribution is 2.56. The van der Waals surface area contributed by atoms with Gasteiger partial charge in [-0.1, -0.05) is 0 Å². The lowest BCUT2D eigenvalue weighted by molar-refractivity contribution is 0.0458. The van der Waals surface area contributed by atoms with Crippen molar-refractivity contribution in [2.45, 2.75) is 64.0 Å². The molecular formula is C13H23NO3. The van der Waals surface area contributed by atoms with Crippen molar-refractivity contribution in [3.8, 4) is 0 Å². The summed E-state index contributed by atoms with van der Waals surface area (Å²) in [7, 11) is 0. The van der Waals surface area contributed by atoms with E-state index in [-0.39, 0.29) is 23.7 Å². The average Bonchev–Trinajstić information content (AvgIpc) is 2.70. The van der Waals surface area contributed by atoms with E-state index in [1.54, 1.807) is 0 Å². The van der Waals surface area contributed by atoms with Gasteiger partial charge in [0.05, 0.1) is 0 Å². The Kier molecular flexibility index (Phi) is 2.89. The van der Waals surface area contributed by atoms with E-state index in [4.69, 9.17) is 4.74 Å². The second-order valence-corrected chi connectivity index (χ2v) is 6.74. The van der Waals surface area contributed by atoms with Crippen molar-refractivity contribution in [2.24, 2.45) is 5.41 Å². The standard InChI is InChI=1S/C13H23NO3/c1-11(2,3)17-10(16)14-13-6-4-12(8-13,9-15)5-7-13/h15H,4-9H2,1-3H3,(H,14,16). The van der Waals surface area contributed by atoms with Crippen LogP contribution in [0.3, 0.4) is 0 Å². The normalized spacial score (nSPS) is 36.0. The van der Waals surface area contributed by atoms with E-state index < -0.39 is 5.60 Å². The largest absolute Gasteiger partial charge is 0.444 e. The number of aliphatic hydroxyl groups excluding tert-OH is 1. The Morgan fingerprint density at radius 3 is 2.29 bits per heavy atom. The smallest absolute Gasteiger partial charge is 0.408 e. The van der Waals surface area contributed by atoms with Gasteiger partial charge in [0, 0.05) is 12.1 Å². The number of carbonyl (C=O) groups is 1. The van der Waals surface area contributed by atoms with Gasteiger partial charge in [-0.2, -0.15) is 0 Å². The van der Waals surface area contributed by atoms with Crippen LogP contribution in [0.15, 0.2) is 0 Å². The maximum Gasteiger partial charge on any atom is 0.408 e. The highest BCUT2D eigenvalue weighted by molar-refractivity contribution is 5.69. The van der Waals surface area contributed by atoms with E-state index in [0.717, 1.165) is 32.1 Å². The van der Waals surface area contributed by atoms with Crippen LogP contribution in [0.2, 0.25) is 0 Å². The number of ether oxygens (including phenoxy) is 1. The summed E-state index contributed by atoms with van der Waals surface area (Å²) in [6, 6.07) is 0. The number of hydrogen-bond donors (Lipinski definition) is 2. The van der Waals surface area contributed by atoms with Gasteiger partial charge >= 0.3 is 6.09 Å². The molecule has 2 aliphatic rings. The van der Waals surface area contributed by atoms with E-state index in [1.807, 2.05) is 20.8 Å². The van der Waals surface area contributed by atoms with Gasteiger partial charge in [-0.15, -0.1) is 0 Å². The lowest BCUT2D eigenvalue weighted by Crippen LogP contribution is -2.47. The van der Waals surface area contributed by atoms with Gasteiger partial charge in [0.25, 0.3) is 0 Å². The first-order chi connectivity index (χ1) is 7.78. The average molecular weight is 241 g/mol. The van der Waals surface area contributed by atoms with E-state index >= 15 is 0 Å². The zero-order valence-corrected chi connectivity index (χ0v) is 11.0. The summed E-state index contributed by atoms with van der Waals surface area (Å²) in [4.78, 5) is 11.8. The maximum atomic E-state index is 11.8. The SMILES string of the molecule is CC(C)(C)OC(=O)NC12CCC(CO)(CC1)C2. The molecule has 0 unspecified atom stereocenters. The van der Waals surface area contributed by atoms with Crippen LogP contribution in [0.1, 0.15) is 52.9 Å². The number of carbonyl (C=O) groups excluding carboxylic acids is 1. The third kappa shape index (κ3) is 2.57. The lowest BCUT2D eigenvalue weighted by Gasteiger charge is -2.30. The molecule has 0 aromatic heterocycles. The monoisotopic (exact) mass is 241 g/mol. The van der Waals surface area contributed by atoms with Crippen molar-refractivity contribution in [3.05, 3.63) is 0 Å². The van der Waals surface area contributed by atoms with E-state index in [9.17, 15) is 9.90 Å². The Bertz CT molecular complexity index is 311. The molecule has 0 aromatic carbocycles. The summed E-state index contributed by atoms with van der Waals surface area (Å²) in [6.45, 7) is 5.84. The third-order valence-corrected chi connectivity index (χ3v) is 4.08. The summed E-state index contributed by atoms with van der Waals surface area (Å²) in [6.07, 6.45) is 4.53. The van der Waals surface area contributed by atoms with Gasteiger partial charge in [-0.25, -0.2) is 4.79 Å². The number of nitrogens with one attached hydrogen (secondary N) is 1. The molecule has 0 aliphatic heterocycles. The van der Waals surface area contributed by atoms with Crippen molar-refractivity contribution < 1.29 is 14.6 Å². The minimum atomic E-state index is -0.452. The van der Waals surface area contributed by atoms with Gasteiger partial charge in [0.15, 0.2) is 0 Å². The van der Waals surface area contributed by atoms with Crippen LogP contribution >= 0.6 is 0 Å². The van der Waals surface area contributed by atoms with Crippen LogP contribution < -0.4 is 5.32 Å². The first kappa shape index (κ1) is 12.7. The minimum absolute atomic E-state index is 0.0645. The predicted octanol–water partition coefficient (Wildman–Crippen LogP) is 2.21. The molecule has 2 saturated carbocycles. The molecule has 1 amide bonds. The van der Waals surface area contributed by atoms with Crippen LogP contribution in [0.25, 0.3) is 0 Å². The molecule has 2 N–H and O–H groups in total. The quantitative estimate of drug-likeness (QED) is 0.779. The Labute approximate surface area is 103 Å². The van der Waals surface area contributed by atoms with Gasteiger partial charge in [-0.05, 0) is 58.3 Å². The molecule has 0 aromatic rings. The summed E-state index contributed by atoms with van der Waals surface area (Å²) >= 11 is 0. The summed E-state index contributed by atoms with van der Waals surface area (Å²) in [5.74, 6) is 0. The summed E-state index contributed by atoms with van der Waals surface area (Å²) in [5.41, 5.74) is -0.508. The molecule has 17 heavy (non-hydrogen) atoms. The Hall–Kier alpha value is -0.770. The zero-order valence-electron chi connectivity index (χ0n) is 11.0. The fraction of sp³-hybridized carbons (Fsp3) is 0.923. The number of hydrogen-bond acceptors (Lipinski definition) is 3. The minimum Gasteiger partial charge on any atom is -0.444 e. The highest BCUT2D eigenvalue weighted by atomic mass is 16.6. The summed E-state index contributed by atoms with van der Waals surface area (Å²) in [5, 5.41) is 12.5. The molecule has 98 valence electrons. The molecular weight excluding hydrogens is 218 g/mol. The molecule has 0 heterocycles. The number of amides is 1. The molecule has 4 nitrogen and oxygen atoms in total. The van der Waals surface area contributed by atoms with Gasteiger partial charge in [0.2, 0.25) is 0 Å². The molecule has 0 atom stereocenters. The Balaban J connectivity index is 1.95. The first-order valence-corrected chi connectivity index (χ1v) is 6.40. The topological polar surface area (TPSA) is 58.6 Å². The number of alkyl carbamates (subject to hydrolysis) is 1. The fourth-order valence-corrected chi connectivity index (χ4v) is 3.23. The Morgan fingerprint density at radius 2 is 1.88 bits per heavy atom. The van der Waals surface area contributed by atoms with Crippen molar-refractivity contribution in [1.29, 1.82) is 0 Å². The first-order valence-electron chi connectivity index (χ1n) is 6.40. The van der Waals surface area contributed by atoms with Crippen LogP contribution in [-0.4, -0.2) is 28.9 Å². The summed E-state index contributed by atoms with van der Waals surface area (Å²) < 4.78 is 5.30. The van der Waals surface area contributed by atoms with Crippen molar-refractivity contribution in [1.82, 2.24) is 5.32 Å².